The van der Waals surface area contributed by atoms with E-state index >= 15 is 0 Å². The quantitative estimate of drug-likeness (QED) is 0.237. The van der Waals surface area contributed by atoms with Crippen molar-refractivity contribution in [2.24, 2.45) is 0 Å². The second-order valence-electron chi connectivity index (χ2n) is 11.4. The van der Waals surface area contributed by atoms with Gasteiger partial charge in [-0.3, -0.25) is 14.4 Å². The molecule has 1 atom stereocenters. The second-order valence-corrected chi connectivity index (χ2v) is 11.8. The summed E-state index contributed by atoms with van der Waals surface area (Å²) >= 11 is 6.09. The van der Waals surface area contributed by atoms with Gasteiger partial charge in [-0.25, -0.2) is 4.39 Å². The number of carbonyl (C=O) groups excluding carboxylic acids is 2. The van der Waals surface area contributed by atoms with Gasteiger partial charge in [0.15, 0.2) is 22.6 Å². The highest BCUT2D eigenvalue weighted by atomic mass is 35.5. The van der Waals surface area contributed by atoms with Crippen LogP contribution >= 0.6 is 11.6 Å². The Bertz CT molecular complexity index is 1780. The fourth-order valence-electron chi connectivity index (χ4n) is 6.04. The Morgan fingerprint density at radius 2 is 1.75 bits per heavy atom. The molecule has 2 saturated heterocycles. The normalized spacial score (nSPS) is 16.0. The first-order chi connectivity index (χ1) is 21.3. The van der Waals surface area contributed by atoms with E-state index in [4.69, 9.17) is 16.0 Å². The zero-order valence-corrected chi connectivity index (χ0v) is 25.0. The van der Waals surface area contributed by atoms with Gasteiger partial charge in [0.1, 0.15) is 0 Å². The summed E-state index contributed by atoms with van der Waals surface area (Å²) in [6.07, 6.45) is 5.72. The first-order valence-corrected chi connectivity index (χ1v) is 15.3. The molecule has 4 aromatic rings. The van der Waals surface area contributed by atoms with Gasteiger partial charge < -0.3 is 19.5 Å². The van der Waals surface area contributed by atoms with E-state index in [9.17, 15) is 18.8 Å². The van der Waals surface area contributed by atoms with E-state index < -0.39 is 23.2 Å². The number of fused-ring (bicyclic) bond motifs is 1. The number of carbonyl (C=O) groups is 2. The SMILES string of the molecule is O=C(N[C@H](C=C1CCN(c2ccccc2CN2CCCC2=O)CC1)Cc1ccc(Cl)cc1)c1cc(=O)c2cccc(F)c2o1. The van der Waals surface area contributed by atoms with E-state index in [0.717, 1.165) is 61.8 Å². The third kappa shape index (κ3) is 6.70. The van der Waals surface area contributed by atoms with Crippen LogP contribution in [0.25, 0.3) is 11.0 Å². The molecule has 2 aliphatic heterocycles. The van der Waals surface area contributed by atoms with Crippen molar-refractivity contribution >= 4 is 40.1 Å². The summed E-state index contributed by atoms with van der Waals surface area (Å²) in [6.45, 7) is 3.03. The minimum atomic E-state index is -0.700. The minimum absolute atomic E-state index is 0.0849. The summed E-state index contributed by atoms with van der Waals surface area (Å²) in [5.74, 6) is -1.32. The number of para-hydroxylation sites is 2. The number of hydrogen-bond donors (Lipinski definition) is 1. The number of benzene rings is 3. The van der Waals surface area contributed by atoms with Gasteiger partial charge in [0.2, 0.25) is 5.91 Å². The predicted molar refractivity (Wildman–Crippen MR) is 169 cm³/mol. The summed E-state index contributed by atoms with van der Waals surface area (Å²) in [4.78, 5) is 42.5. The lowest BCUT2D eigenvalue weighted by molar-refractivity contribution is -0.128. The number of rotatable bonds is 8. The lowest BCUT2D eigenvalue weighted by atomic mass is 9.97. The molecule has 0 bridgehead atoms. The molecule has 7 nitrogen and oxygen atoms in total. The average Bonchev–Trinajstić information content (AvgIpc) is 3.43. The van der Waals surface area contributed by atoms with Crippen molar-refractivity contribution in [3.8, 4) is 0 Å². The van der Waals surface area contributed by atoms with Crippen LogP contribution < -0.4 is 15.6 Å². The standard InChI is InChI=1S/C35H33ClFN3O4/c36-26-12-10-23(11-13-26)19-27(38-35(43)32-21-31(41)28-6-3-7-29(37)34(28)44-32)20-24-14-17-39(18-15-24)30-8-2-1-5-25(30)22-40-16-4-9-33(40)42/h1-3,5-8,10-13,20-21,27H,4,9,14-19,22H2,(H,38,43)/t27-/m0/s1. The Labute approximate surface area is 259 Å². The highest BCUT2D eigenvalue weighted by Crippen LogP contribution is 2.29. The zero-order chi connectivity index (χ0) is 30.6. The van der Waals surface area contributed by atoms with Crippen molar-refractivity contribution in [3.05, 3.63) is 122 Å². The van der Waals surface area contributed by atoms with Crippen LogP contribution in [0.3, 0.4) is 0 Å². The third-order valence-corrected chi connectivity index (χ3v) is 8.58. The molecule has 3 heterocycles. The van der Waals surface area contributed by atoms with Crippen molar-refractivity contribution in [2.45, 2.75) is 44.7 Å². The summed E-state index contributed by atoms with van der Waals surface area (Å²) in [7, 11) is 0. The molecule has 0 spiro atoms. The van der Waals surface area contributed by atoms with Gasteiger partial charge in [0.05, 0.1) is 11.4 Å². The summed E-state index contributed by atoms with van der Waals surface area (Å²) in [5.41, 5.74) is 3.76. The molecule has 6 rings (SSSR count). The number of amides is 2. The highest BCUT2D eigenvalue weighted by molar-refractivity contribution is 6.30. The van der Waals surface area contributed by atoms with E-state index in [1.165, 1.54) is 23.8 Å². The first-order valence-electron chi connectivity index (χ1n) is 14.9. The molecule has 44 heavy (non-hydrogen) atoms. The maximum Gasteiger partial charge on any atom is 0.287 e. The Morgan fingerprint density at radius 1 is 0.977 bits per heavy atom. The van der Waals surface area contributed by atoms with Crippen LogP contribution in [0, 0.1) is 5.82 Å². The molecule has 1 N–H and O–H groups in total. The maximum atomic E-state index is 14.4. The number of nitrogens with zero attached hydrogens (tertiary/aromatic N) is 2. The molecular formula is C35H33ClFN3O4. The topological polar surface area (TPSA) is 82.9 Å². The molecule has 1 aromatic heterocycles. The van der Waals surface area contributed by atoms with E-state index in [1.54, 1.807) is 12.1 Å². The largest absolute Gasteiger partial charge is 0.448 e. The van der Waals surface area contributed by atoms with E-state index in [0.29, 0.717) is 24.4 Å². The highest BCUT2D eigenvalue weighted by Gasteiger charge is 2.24. The van der Waals surface area contributed by atoms with Crippen LogP contribution in [-0.4, -0.2) is 42.4 Å². The van der Waals surface area contributed by atoms with E-state index in [1.807, 2.05) is 29.2 Å². The molecule has 3 aromatic carbocycles. The van der Waals surface area contributed by atoms with Crippen LogP contribution in [-0.2, 0) is 17.8 Å². The van der Waals surface area contributed by atoms with E-state index in [-0.39, 0.29) is 22.6 Å². The lowest BCUT2D eigenvalue weighted by Gasteiger charge is -2.33. The predicted octanol–water partition coefficient (Wildman–Crippen LogP) is 6.28. The monoisotopic (exact) mass is 613 g/mol. The Balaban J connectivity index is 1.20. The van der Waals surface area contributed by atoms with Crippen molar-refractivity contribution in [2.75, 3.05) is 24.5 Å². The number of piperidine rings is 1. The molecule has 0 radical (unpaired) electrons. The van der Waals surface area contributed by atoms with Gasteiger partial charge in [-0.05, 0) is 67.1 Å². The van der Waals surface area contributed by atoms with Gasteiger partial charge >= 0.3 is 0 Å². The Kier molecular flexibility index (Phi) is 8.79. The Hall–Kier alpha value is -4.43. The summed E-state index contributed by atoms with van der Waals surface area (Å²) in [6, 6.07) is 20.5. The van der Waals surface area contributed by atoms with Gasteiger partial charge in [-0.15, -0.1) is 0 Å². The van der Waals surface area contributed by atoms with Crippen molar-refractivity contribution in [1.82, 2.24) is 10.2 Å². The number of anilines is 1. The van der Waals surface area contributed by atoms with Crippen LogP contribution in [0.15, 0.2) is 93.7 Å². The minimum Gasteiger partial charge on any atom is -0.448 e. The molecule has 2 fully saturated rings. The molecule has 2 amide bonds. The fourth-order valence-corrected chi connectivity index (χ4v) is 6.16. The second kappa shape index (κ2) is 13.1. The van der Waals surface area contributed by atoms with Crippen LogP contribution in [0.5, 0.6) is 0 Å². The maximum absolute atomic E-state index is 14.4. The zero-order valence-electron chi connectivity index (χ0n) is 24.2. The van der Waals surface area contributed by atoms with E-state index in [2.05, 4.69) is 28.4 Å². The number of likely N-dealkylation sites (tertiary alicyclic amines) is 1. The van der Waals surface area contributed by atoms with Crippen LogP contribution in [0.2, 0.25) is 5.02 Å². The fraction of sp³-hybridized carbons (Fsp3) is 0.286. The molecule has 0 unspecified atom stereocenters. The van der Waals surface area contributed by atoms with Crippen LogP contribution in [0.4, 0.5) is 10.1 Å². The first kappa shape index (κ1) is 29.6. The van der Waals surface area contributed by atoms with Gasteiger partial charge in [-0.2, -0.15) is 0 Å². The van der Waals surface area contributed by atoms with Gasteiger partial charge in [-0.1, -0.05) is 59.6 Å². The number of hydrogen-bond acceptors (Lipinski definition) is 5. The summed E-state index contributed by atoms with van der Waals surface area (Å²) in [5, 5.41) is 3.70. The molecule has 0 saturated carbocycles. The molecule has 9 heteroatoms. The molecular weight excluding hydrogens is 581 g/mol. The van der Waals surface area contributed by atoms with Gasteiger partial charge in [0, 0.05) is 49.4 Å². The number of halogens is 2. The van der Waals surface area contributed by atoms with Crippen LogP contribution in [0.1, 0.15) is 47.4 Å². The smallest absolute Gasteiger partial charge is 0.287 e. The molecule has 0 aliphatic carbocycles. The molecule has 2 aliphatic rings. The number of nitrogens with one attached hydrogen (secondary N) is 1. The van der Waals surface area contributed by atoms with Crippen molar-refractivity contribution < 1.29 is 18.4 Å². The third-order valence-electron chi connectivity index (χ3n) is 8.32. The van der Waals surface area contributed by atoms with Gasteiger partial charge in [0.25, 0.3) is 5.91 Å². The lowest BCUT2D eigenvalue weighted by Crippen LogP contribution is -2.37. The van der Waals surface area contributed by atoms with Crippen molar-refractivity contribution in [3.63, 3.8) is 0 Å². The molecule has 226 valence electrons. The Morgan fingerprint density at radius 3 is 2.50 bits per heavy atom. The van der Waals surface area contributed by atoms with Crippen molar-refractivity contribution in [1.29, 1.82) is 0 Å². The average molecular weight is 614 g/mol. The summed E-state index contributed by atoms with van der Waals surface area (Å²) < 4.78 is 20.0.